The Hall–Kier alpha value is -2.01. The van der Waals surface area contributed by atoms with Crippen molar-refractivity contribution in [3.8, 4) is 10.4 Å². The third-order valence-corrected chi connectivity index (χ3v) is 3.33. The molecule has 0 amide bonds. The fourth-order valence-electron chi connectivity index (χ4n) is 1.39. The normalized spacial score (nSPS) is 11.5. The molecule has 0 unspecified atom stereocenters. The van der Waals surface area contributed by atoms with Crippen LogP contribution in [0.25, 0.3) is 16.0 Å². The van der Waals surface area contributed by atoms with Crippen LogP contribution in [-0.2, 0) is 4.79 Å². The summed E-state index contributed by atoms with van der Waals surface area (Å²) in [6, 6.07) is 3.80. The summed E-state index contributed by atoms with van der Waals surface area (Å²) in [6.07, 6.45) is 6.48. The smallest absolute Gasteiger partial charge is 0.164 e. The van der Waals surface area contributed by atoms with Gasteiger partial charge in [-0.25, -0.2) is 4.98 Å². The number of carbonyl (C=O) groups is 1. The molecule has 0 radical (unpaired) electrons. The number of allylic oxidation sites excluding steroid dienone is 1. The van der Waals surface area contributed by atoms with Gasteiger partial charge >= 0.3 is 0 Å². The summed E-state index contributed by atoms with van der Waals surface area (Å²) >= 11 is 1.44. The first-order valence-corrected chi connectivity index (χ1v) is 5.83. The Morgan fingerprint density at radius 2 is 2.12 bits per heavy atom. The predicted molar refractivity (Wildman–Crippen MR) is 68.2 cm³/mol. The fraction of sp³-hybridized carbons (Fsp3) is 0.0833. The quantitative estimate of drug-likeness (QED) is 0.841. The van der Waals surface area contributed by atoms with E-state index in [9.17, 15) is 4.79 Å². The molecule has 0 aliphatic carbocycles. The topological polar surface area (TPSA) is 68.9 Å². The Balaban J connectivity index is 2.37. The van der Waals surface area contributed by atoms with Gasteiger partial charge in [0.05, 0.1) is 10.5 Å². The number of aromatic nitrogens is 2. The summed E-state index contributed by atoms with van der Waals surface area (Å²) in [7, 11) is 0. The molecule has 0 aliphatic rings. The van der Waals surface area contributed by atoms with Crippen LogP contribution in [-0.4, -0.2) is 15.8 Å². The van der Waals surface area contributed by atoms with Crippen molar-refractivity contribution < 1.29 is 4.79 Å². The van der Waals surface area contributed by atoms with Crippen LogP contribution >= 0.6 is 11.3 Å². The molecule has 0 atom stereocenters. The van der Waals surface area contributed by atoms with E-state index in [-0.39, 0.29) is 5.78 Å². The molecule has 0 spiro atoms. The molecule has 0 saturated heterocycles. The molecular formula is C12H11N3OS. The van der Waals surface area contributed by atoms with Crippen molar-refractivity contribution in [3.05, 3.63) is 41.9 Å². The summed E-state index contributed by atoms with van der Waals surface area (Å²) in [5.41, 5.74) is 6.91. The molecular weight excluding hydrogens is 234 g/mol. The van der Waals surface area contributed by atoms with E-state index in [4.69, 9.17) is 5.73 Å². The lowest BCUT2D eigenvalue weighted by Gasteiger charge is -1.96. The third-order valence-electron chi connectivity index (χ3n) is 2.25. The fourth-order valence-corrected chi connectivity index (χ4v) is 2.38. The standard InChI is InChI=1S/C12H11N3OS/c1-8(16)10(6-13)12-15-7-11(17-12)9-2-4-14-5-3-9/h2-7H,13H2,1H3. The Morgan fingerprint density at radius 1 is 1.41 bits per heavy atom. The number of nitrogens with zero attached hydrogens (tertiary/aromatic N) is 2. The van der Waals surface area contributed by atoms with Crippen LogP contribution in [0, 0.1) is 0 Å². The van der Waals surface area contributed by atoms with Crippen LogP contribution in [0.15, 0.2) is 36.9 Å². The monoisotopic (exact) mass is 245 g/mol. The summed E-state index contributed by atoms with van der Waals surface area (Å²) < 4.78 is 0. The highest BCUT2D eigenvalue weighted by atomic mass is 32.1. The molecule has 0 aromatic carbocycles. The van der Waals surface area contributed by atoms with Crippen molar-refractivity contribution in [2.75, 3.05) is 0 Å². The minimum absolute atomic E-state index is 0.0804. The number of Topliss-reactive ketones (excluding diaryl/α,β-unsaturated/α-hetero) is 1. The minimum Gasteiger partial charge on any atom is -0.404 e. The molecule has 2 heterocycles. The summed E-state index contributed by atoms with van der Waals surface area (Å²) in [4.78, 5) is 20.5. The Morgan fingerprint density at radius 3 is 2.71 bits per heavy atom. The van der Waals surface area contributed by atoms with Gasteiger partial charge in [-0.1, -0.05) is 0 Å². The number of hydrogen-bond donors (Lipinski definition) is 1. The third kappa shape index (κ3) is 2.39. The van der Waals surface area contributed by atoms with Gasteiger partial charge in [-0.15, -0.1) is 11.3 Å². The maximum Gasteiger partial charge on any atom is 0.164 e. The molecule has 2 rings (SSSR count). The van der Waals surface area contributed by atoms with Gasteiger partial charge in [0, 0.05) is 24.8 Å². The minimum atomic E-state index is -0.0804. The van der Waals surface area contributed by atoms with Gasteiger partial charge in [0.2, 0.25) is 0 Å². The van der Waals surface area contributed by atoms with Gasteiger partial charge < -0.3 is 5.73 Å². The molecule has 0 fully saturated rings. The van der Waals surface area contributed by atoms with Crippen LogP contribution in [0.3, 0.4) is 0 Å². The van der Waals surface area contributed by atoms with Gasteiger partial charge in [0.15, 0.2) is 5.78 Å². The second-order valence-corrected chi connectivity index (χ2v) is 4.43. The first-order chi connectivity index (χ1) is 8.22. The van der Waals surface area contributed by atoms with Crippen LogP contribution < -0.4 is 5.73 Å². The molecule has 86 valence electrons. The van der Waals surface area contributed by atoms with Crippen molar-refractivity contribution in [2.45, 2.75) is 6.92 Å². The number of ketones is 1. The van der Waals surface area contributed by atoms with Crippen LogP contribution in [0.1, 0.15) is 11.9 Å². The van der Waals surface area contributed by atoms with Gasteiger partial charge in [-0.2, -0.15) is 0 Å². The molecule has 5 heteroatoms. The summed E-state index contributed by atoms with van der Waals surface area (Å²) in [5.74, 6) is -0.0804. The average molecular weight is 245 g/mol. The lowest BCUT2D eigenvalue weighted by molar-refractivity contribution is -0.111. The zero-order valence-corrected chi connectivity index (χ0v) is 10.1. The molecule has 2 aromatic heterocycles. The van der Waals surface area contributed by atoms with E-state index in [1.165, 1.54) is 24.5 Å². The van der Waals surface area contributed by atoms with Crippen molar-refractivity contribution >= 4 is 22.7 Å². The molecule has 0 bridgehead atoms. The highest BCUT2D eigenvalue weighted by Gasteiger charge is 2.12. The van der Waals surface area contributed by atoms with Gasteiger partial charge in [0.1, 0.15) is 5.01 Å². The first-order valence-electron chi connectivity index (χ1n) is 5.02. The van der Waals surface area contributed by atoms with Crippen molar-refractivity contribution in [2.24, 2.45) is 5.73 Å². The maximum absolute atomic E-state index is 11.3. The molecule has 2 aromatic rings. The highest BCUT2D eigenvalue weighted by Crippen LogP contribution is 2.29. The second kappa shape index (κ2) is 4.88. The molecule has 4 nitrogen and oxygen atoms in total. The van der Waals surface area contributed by atoms with Crippen LogP contribution in [0.5, 0.6) is 0 Å². The second-order valence-electron chi connectivity index (χ2n) is 3.40. The average Bonchev–Trinajstić information content (AvgIpc) is 2.80. The first kappa shape index (κ1) is 11.5. The van der Waals surface area contributed by atoms with E-state index in [0.717, 1.165) is 10.4 Å². The Kier molecular flexibility index (Phi) is 3.30. The number of hydrogen-bond acceptors (Lipinski definition) is 5. The zero-order chi connectivity index (χ0) is 12.3. The Bertz CT molecular complexity index is 560. The largest absolute Gasteiger partial charge is 0.404 e. The zero-order valence-electron chi connectivity index (χ0n) is 9.25. The number of pyridine rings is 1. The van der Waals surface area contributed by atoms with Crippen molar-refractivity contribution in [1.82, 2.24) is 9.97 Å². The number of thiazole rings is 1. The van der Waals surface area contributed by atoms with E-state index in [1.54, 1.807) is 18.6 Å². The van der Waals surface area contributed by atoms with E-state index in [1.807, 2.05) is 12.1 Å². The number of rotatable bonds is 3. The summed E-state index contributed by atoms with van der Waals surface area (Å²) in [5, 5.41) is 0.645. The number of nitrogens with two attached hydrogens (primary N) is 1. The maximum atomic E-state index is 11.3. The lowest BCUT2D eigenvalue weighted by atomic mass is 10.2. The van der Waals surface area contributed by atoms with Crippen LogP contribution in [0.2, 0.25) is 0 Å². The SMILES string of the molecule is CC(=O)C(=CN)c1ncc(-c2ccncc2)s1. The van der Waals surface area contributed by atoms with Crippen LogP contribution in [0.4, 0.5) is 0 Å². The number of carbonyl (C=O) groups excluding carboxylic acids is 1. The van der Waals surface area contributed by atoms with E-state index in [2.05, 4.69) is 9.97 Å². The molecule has 0 saturated carbocycles. The highest BCUT2D eigenvalue weighted by molar-refractivity contribution is 7.16. The predicted octanol–water partition coefficient (Wildman–Crippen LogP) is 2.09. The molecule has 17 heavy (non-hydrogen) atoms. The van der Waals surface area contributed by atoms with Gasteiger partial charge in [-0.3, -0.25) is 9.78 Å². The van der Waals surface area contributed by atoms with Gasteiger partial charge in [-0.05, 0) is 24.6 Å². The van der Waals surface area contributed by atoms with E-state index < -0.39 is 0 Å². The Labute approximate surface area is 103 Å². The van der Waals surface area contributed by atoms with E-state index in [0.29, 0.717) is 10.6 Å². The van der Waals surface area contributed by atoms with Crippen molar-refractivity contribution in [3.63, 3.8) is 0 Å². The molecule has 0 aliphatic heterocycles. The van der Waals surface area contributed by atoms with E-state index >= 15 is 0 Å². The summed E-state index contributed by atoms with van der Waals surface area (Å²) in [6.45, 7) is 1.48. The molecule has 2 N–H and O–H groups in total. The van der Waals surface area contributed by atoms with Crippen molar-refractivity contribution in [1.29, 1.82) is 0 Å². The van der Waals surface area contributed by atoms with Gasteiger partial charge in [0.25, 0.3) is 0 Å². The lowest BCUT2D eigenvalue weighted by Crippen LogP contribution is -1.98.